The highest BCUT2D eigenvalue weighted by atomic mass is 16.5. The monoisotopic (exact) mass is 202 g/mol. The Hall–Kier alpha value is -0.650. The van der Waals surface area contributed by atoms with Gasteiger partial charge in [0, 0.05) is 20.2 Å². The van der Waals surface area contributed by atoms with Gasteiger partial charge in [-0.2, -0.15) is 0 Å². The van der Waals surface area contributed by atoms with E-state index in [0.717, 1.165) is 13.1 Å². The van der Waals surface area contributed by atoms with Crippen LogP contribution in [0.1, 0.15) is 13.8 Å². The van der Waals surface area contributed by atoms with Crippen molar-refractivity contribution in [1.82, 2.24) is 10.4 Å². The van der Waals surface area contributed by atoms with E-state index in [1.54, 1.807) is 13.8 Å². The third kappa shape index (κ3) is 2.94. The highest BCUT2D eigenvalue weighted by Gasteiger charge is 2.28. The van der Waals surface area contributed by atoms with Crippen molar-refractivity contribution < 1.29 is 14.3 Å². The van der Waals surface area contributed by atoms with E-state index in [4.69, 9.17) is 9.47 Å². The predicted octanol–water partition coefficient (Wildman–Crippen LogP) is -0.225. The molecule has 5 heteroatoms. The second-order valence-electron chi connectivity index (χ2n) is 3.75. The molecule has 0 radical (unpaired) electrons. The Kier molecular flexibility index (Phi) is 3.86. The summed E-state index contributed by atoms with van der Waals surface area (Å²) in [6.45, 7) is 6.25. The fourth-order valence-corrected chi connectivity index (χ4v) is 1.05. The van der Waals surface area contributed by atoms with Gasteiger partial charge in [0.1, 0.15) is 5.60 Å². The summed E-state index contributed by atoms with van der Waals surface area (Å²) in [6.07, 6.45) is 0. The lowest BCUT2D eigenvalue weighted by Crippen LogP contribution is -2.54. The standard InChI is InChI=1S/C9H18N2O3/c1-9(2,13-3)8(12)10-11-4-6-14-7-5-11/h4-7H2,1-3H3,(H,10,12). The molecule has 82 valence electrons. The van der Waals surface area contributed by atoms with Crippen LogP contribution in [0.25, 0.3) is 0 Å². The summed E-state index contributed by atoms with van der Waals surface area (Å²) >= 11 is 0. The van der Waals surface area contributed by atoms with E-state index in [0.29, 0.717) is 13.2 Å². The van der Waals surface area contributed by atoms with Gasteiger partial charge in [-0.3, -0.25) is 10.2 Å². The molecule has 0 unspecified atom stereocenters. The van der Waals surface area contributed by atoms with Crippen LogP contribution in [0, 0.1) is 0 Å². The van der Waals surface area contributed by atoms with Crippen LogP contribution in [0.5, 0.6) is 0 Å². The first-order chi connectivity index (χ1) is 6.56. The molecule has 0 bridgehead atoms. The van der Waals surface area contributed by atoms with E-state index in [9.17, 15) is 4.79 Å². The maximum Gasteiger partial charge on any atom is 0.265 e. The number of hydrogen-bond acceptors (Lipinski definition) is 4. The summed E-state index contributed by atoms with van der Waals surface area (Å²) in [6, 6.07) is 0. The van der Waals surface area contributed by atoms with Crippen LogP contribution < -0.4 is 5.43 Å². The maximum atomic E-state index is 11.6. The Labute approximate surface area is 84.3 Å². The second-order valence-corrected chi connectivity index (χ2v) is 3.75. The number of amides is 1. The zero-order valence-electron chi connectivity index (χ0n) is 9.00. The normalized spacial score (nSPS) is 19.4. The average Bonchev–Trinajstić information content (AvgIpc) is 2.19. The molecule has 1 rings (SSSR count). The van der Waals surface area contributed by atoms with Crippen molar-refractivity contribution in [3.05, 3.63) is 0 Å². The number of morpholine rings is 1. The van der Waals surface area contributed by atoms with Crippen molar-refractivity contribution >= 4 is 5.91 Å². The number of carbonyl (C=O) groups excluding carboxylic acids is 1. The largest absolute Gasteiger partial charge is 0.379 e. The molecule has 0 aromatic rings. The van der Waals surface area contributed by atoms with Gasteiger partial charge in [-0.05, 0) is 13.8 Å². The van der Waals surface area contributed by atoms with E-state index >= 15 is 0 Å². The van der Waals surface area contributed by atoms with Gasteiger partial charge >= 0.3 is 0 Å². The molecule has 1 saturated heterocycles. The summed E-state index contributed by atoms with van der Waals surface area (Å²) in [5.41, 5.74) is 2.02. The number of rotatable bonds is 3. The number of hydrogen-bond donors (Lipinski definition) is 1. The highest BCUT2D eigenvalue weighted by Crippen LogP contribution is 2.07. The SMILES string of the molecule is COC(C)(C)C(=O)NN1CCOCC1. The molecule has 0 atom stereocenters. The molecule has 1 amide bonds. The lowest BCUT2D eigenvalue weighted by molar-refractivity contribution is -0.146. The molecule has 0 aromatic carbocycles. The molecular weight excluding hydrogens is 184 g/mol. The predicted molar refractivity (Wildman–Crippen MR) is 51.6 cm³/mol. The lowest BCUT2D eigenvalue weighted by atomic mass is 10.1. The third-order valence-electron chi connectivity index (χ3n) is 2.33. The molecule has 0 saturated carbocycles. The van der Waals surface area contributed by atoms with Crippen molar-refractivity contribution in [3.63, 3.8) is 0 Å². The van der Waals surface area contributed by atoms with E-state index in [-0.39, 0.29) is 5.91 Å². The minimum Gasteiger partial charge on any atom is -0.379 e. The Bertz CT molecular complexity index is 200. The van der Waals surface area contributed by atoms with Crippen molar-refractivity contribution in [2.45, 2.75) is 19.4 Å². The quantitative estimate of drug-likeness (QED) is 0.687. The van der Waals surface area contributed by atoms with Crippen LogP contribution in [0.2, 0.25) is 0 Å². The number of nitrogens with zero attached hydrogens (tertiary/aromatic N) is 1. The molecule has 1 fully saturated rings. The fourth-order valence-electron chi connectivity index (χ4n) is 1.05. The average molecular weight is 202 g/mol. The van der Waals surface area contributed by atoms with Crippen LogP contribution in [0.15, 0.2) is 0 Å². The molecule has 14 heavy (non-hydrogen) atoms. The van der Waals surface area contributed by atoms with Gasteiger partial charge in [-0.15, -0.1) is 0 Å². The first-order valence-electron chi connectivity index (χ1n) is 4.75. The summed E-state index contributed by atoms with van der Waals surface area (Å²) in [5.74, 6) is -0.123. The molecule has 1 N–H and O–H groups in total. The summed E-state index contributed by atoms with van der Waals surface area (Å²) in [5, 5.41) is 1.85. The second kappa shape index (κ2) is 4.72. The molecule has 0 aromatic heterocycles. The van der Waals surface area contributed by atoms with Gasteiger partial charge in [0.05, 0.1) is 13.2 Å². The number of nitrogens with one attached hydrogen (secondary N) is 1. The maximum absolute atomic E-state index is 11.6. The number of ether oxygens (including phenoxy) is 2. The number of methoxy groups -OCH3 is 1. The molecule has 0 aliphatic carbocycles. The minimum absolute atomic E-state index is 0.123. The summed E-state index contributed by atoms with van der Waals surface area (Å²) in [7, 11) is 1.53. The van der Waals surface area contributed by atoms with Crippen LogP contribution in [-0.4, -0.2) is 49.9 Å². The first-order valence-corrected chi connectivity index (χ1v) is 4.75. The molecule has 1 heterocycles. The van der Waals surface area contributed by atoms with E-state index in [2.05, 4.69) is 5.43 Å². The van der Waals surface area contributed by atoms with Gasteiger partial charge in [0.25, 0.3) is 5.91 Å². The topological polar surface area (TPSA) is 50.8 Å². The first kappa shape index (κ1) is 11.4. The van der Waals surface area contributed by atoms with Crippen molar-refractivity contribution in [3.8, 4) is 0 Å². The number of carbonyl (C=O) groups is 1. The van der Waals surface area contributed by atoms with Crippen molar-refractivity contribution in [2.24, 2.45) is 0 Å². The Balaban J connectivity index is 2.39. The van der Waals surface area contributed by atoms with Gasteiger partial charge in [0.15, 0.2) is 0 Å². The zero-order chi connectivity index (χ0) is 10.6. The van der Waals surface area contributed by atoms with Gasteiger partial charge in [-0.1, -0.05) is 0 Å². The molecule has 1 aliphatic heterocycles. The van der Waals surface area contributed by atoms with Crippen molar-refractivity contribution in [1.29, 1.82) is 0 Å². The van der Waals surface area contributed by atoms with Crippen LogP contribution in [0.3, 0.4) is 0 Å². The van der Waals surface area contributed by atoms with Crippen LogP contribution in [-0.2, 0) is 14.3 Å². The van der Waals surface area contributed by atoms with Gasteiger partial charge in [-0.25, -0.2) is 5.01 Å². The van der Waals surface area contributed by atoms with Crippen molar-refractivity contribution in [2.75, 3.05) is 33.4 Å². The highest BCUT2D eigenvalue weighted by molar-refractivity contribution is 5.83. The Morgan fingerprint density at radius 1 is 1.43 bits per heavy atom. The van der Waals surface area contributed by atoms with Gasteiger partial charge in [0.2, 0.25) is 0 Å². The van der Waals surface area contributed by atoms with E-state index in [1.165, 1.54) is 7.11 Å². The Morgan fingerprint density at radius 3 is 2.50 bits per heavy atom. The molecule has 1 aliphatic rings. The smallest absolute Gasteiger partial charge is 0.265 e. The molecular formula is C9H18N2O3. The minimum atomic E-state index is -0.779. The Morgan fingerprint density at radius 2 is 2.00 bits per heavy atom. The summed E-state index contributed by atoms with van der Waals surface area (Å²) < 4.78 is 10.2. The van der Waals surface area contributed by atoms with Crippen LogP contribution >= 0.6 is 0 Å². The summed E-state index contributed by atoms with van der Waals surface area (Å²) in [4.78, 5) is 11.6. The lowest BCUT2D eigenvalue weighted by Gasteiger charge is -2.30. The number of hydrazine groups is 1. The van der Waals surface area contributed by atoms with E-state index < -0.39 is 5.60 Å². The fraction of sp³-hybridized carbons (Fsp3) is 0.889. The van der Waals surface area contributed by atoms with Gasteiger partial charge < -0.3 is 9.47 Å². The molecule has 5 nitrogen and oxygen atoms in total. The zero-order valence-corrected chi connectivity index (χ0v) is 9.00. The van der Waals surface area contributed by atoms with E-state index in [1.807, 2.05) is 5.01 Å². The third-order valence-corrected chi connectivity index (χ3v) is 2.33. The van der Waals surface area contributed by atoms with Crippen LogP contribution in [0.4, 0.5) is 0 Å². The molecule has 0 spiro atoms.